The van der Waals surface area contributed by atoms with Crippen LogP contribution in [0.1, 0.15) is 0 Å². The SMILES string of the molecule is O=C(Nc1cccc(N2CCOCC2)c1)Nc1ccc(Oc2ccnc(-c3cn[nH]c3)c2)cc1F. The maximum absolute atomic E-state index is 14.7. The monoisotopic (exact) mass is 474 g/mol. The molecule has 0 bridgehead atoms. The molecule has 3 heterocycles. The summed E-state index contributed by atoms with van der Waals surface area (Å²) < 4.78 is 25.9. The minimum Gasteiger partial charge on any atom is -0.457 e. The molecule has 178 valence electrons. The third kappa shape index (κ3) is 5.56. The number of aromatic nitrogens is 3. The van der Waals surface area contributed by atoms with E-state index in [2.05, 4.69) is 30.7 Å². The lowest BCUT2D eigenvalue weighted by atomic mass is 10.2. The molecule has 2 aromatic carbocycles. The highest BCUT2D eigenvalue weighted by atomic mass is 19.1. The summed E-state index contributed by atoms with van der Waals surface area (Å²) >= 11 is 0. The van der Waals surface area contributed by atoms with E-state index in [9.17, 15) is 9.18 Å². The number of carbonyl (C=O) groups is 1. The molecule has 0 saturated carbocycles. The van der Waals surface area contributed by atoms with E-state index in [1.807, 2.05) is 18.2 Å². The fourth-order valence-electron chi connectivity index (χ4n) is 3.71. The average molecular weight is 474 g/mol. The van der Waals surface area contributed by atoms with Crippen molar-refractivity contribution in [3.05, 3.63) is 79.0 Å². The molecule has 9 nitrogen and oxygen atoms in total. The maximum Gasteiger partial charge on any atom is 0.323 e. The Kier molecular flexibility index (Phi) is 6.53. The number of nitrogens with one attached hydrogen (secondary N) is 3. The number of benzene rings is 2. The van der Waals surface area contributed by atoms with Crippen LogP contribution in [-0.2, 0) is 4.74 Å². The van der Waals surface area contributed by atoms with Crippen molar-refractivity contribution in [3.63, 3.8) is 0 Å². The van der Waals surface area contributed by atoms with Gasteiger partial charge in [-0.15, -0.1) is 0 Å². The summed E-state index contributed by atoms with van der Waals surface area (Å²) in [7, 11) is 0. The van der Waals surface area contributed by atoms with Crippen molar-refractivity contribution in [1.29, 1.82) is 0 Å². The lowest BCUT2D eigenvalue weighted by molar-refractivity contribution is 0.122. The number of hydrogen-bond donors (Lipinski definition) is 3. The zero-order valence-electron chi connectivity index (χ0n) is 18.7. The predicted octanol–water partition coefficient (Wildman–Crippen LogP) is 4.88. The van der Waals surface area contributed by atoms with Crippen LogP contribution in [0.25, 0.3) is 11.3 Å². The summed E-state index contributed by atoms with van der Waals surface area (Å²) in [5.41, 5.74) is 3.11. The van der Waals surface area contributed by atoms with Crippen molar-refractivity contribution in [2.45, 2.75) is 0 Å². The molecular weight excluding hydrogens is 451 g/mol. The van der Waals surface area contributed by atoms with Crippen LogP contribution in [0.5, 0.6) is 11.5 Å². The quantitative estimate of drug-likeness (QED) is 0.368. The Labute approximate surface area is 200 Å². The number of urea groups is 1. The minimum absolute atomic E-state index is 0.0352. The van der Waals surface area contributed by atoms with Crippen LogP contribution in [-0.4, -0.2) is 47.5 Å². The molecule has 3 N–H and O–H groups in total. The summed E-state index contributed by atoms with van der Waals surface area (Å²) in [6.07, 6.45) is 4.97. The zero-order chi connectivity index (χ0) is 24.0. The predicted molar refractivity (Wildman–Crippen MR) is 130 cm³/mol. The minimum atomic E-state index is -0.621. The summed E-state index contributed by atoms with van der Waals surface area (Å²) in [5.74, 6) is 0.161. The molecule has 1 saturated heterocycles. The molecule has 0 radical (unpaired) electrons. The smallest absolute Gasteiger partial charge is 0.323 e. The Bertz CT molecular complexity index is 1310. The first kappa shape index (κ1) is 22.4. The van der Waals surface area contributed by atoms with E-state index in [4.69, 9.17) is 9.47 Å². The number of aromatic amines is 1. The van der Waals surface area contributed by atoms with Crippen LogP contribution in [0, 0.1) is 5.82 Å². The van der Waals surface area contributed by atoms with Crippen LogP contribution in [0.3, 0.4) is 0 Å². The van der Waals surface area contributed by atoms with E-state index in [-0.39, 0.29) is 11.4 Å². The van der Waals surface area contributed by atoms with Crippen LogP contribution in [0.2, 0.25) is 0 Å². The van der Waals surface area contributed by atoms with Gasteiger partial charge >= 0.3 is 6.03 Å². The maximum atomic E-state index is 14.7. The van der Waals surface area contributed by atoms with Gasteiger partial charge < -0.3 is 25.0 Å². The molecule has 0 aliphatic carbocycles. The van der Waals surface area contributed by atoms with Crippen molar-refractivity contribution in [2.75, 3.05) is 41.8 Å². The Morgan fingerprint density at radius 3 is 2.71 bits per heavy atom. The molecular formula is C25H23FN6O3. The van der Waals surface area contributed by atoms with E-state index in [0.29, 0.717) is 30.3 Å². The number of nitrogens with zero attached hydrogens (tertiary/aromatic N) is 3. The topological polar surface area (TPSA) is 104 Å². The standard InChI is InChI=1S/C25H23FN6O3/c26-22-13-20(35-21-6-7-27-24(14-21)17-15-28-29-16-17)4-5-23(22)31-25(33)30-18-2-1-3-19(12-18)32-8-10-34-11-9-32/h1-7,12-16H,8-11H2,(H,28,29)(H2,30,31,33). The number of hydrogen-bond acceptors (Lipinski definition) is 6. The fraction of sp³-hybridized carbons (Fsp3) is 0.160. The van der Waals surface area contributed by atoms with Gasteiger partial charge in [0.25, 0.3) is 0 Å². The van der Waals surface area contributed by atoms with Gasteiger partial charge in [0.05, 0.1) is 30.8 Å². The number of morpholine rings is 1. The Hall–Kier alpha value is -4.44. The number of pyridine rings is 1. The van der Waals surface area contributed by atoms with Crippen LogP contribution < -0.4 is 20.3 Å². The number of rotatable bonds is 6. The Morgan fingerprint density at radius 2 is 1.91 bits per heavy atom. The third-order valence-corrected chi connectivity index (χ3v) is 5.43. The van der Waals surface area contributed by atoms with Crippen molar-refractivity contribution in [1.82, 2.24) is 15.2 Å². The highest BCUT2D eigenvalue weighted by Gasteiger charge is 2.13. The Morgan fingerprint density at radius 1 is 1.06 bits per heavy atom. The molecule has 10 heteroatoms. The van der Waals surface area contributed by atoms with Gasteiger partial charge in [-0.05, 0) is 36.4 Å². The molecule has 1 fully saturated rings. The van der Waals surface area contributed by atoms with Gasteiger partial charge in [0, 0.05) is 54.6 Å². The van der Waals surface area contributed by atoms with E-state index in [0.717, 1.165) is 24.3 Å². The number of halogens is 1. The number of ether oxygens (including phenoxy) is 2. The van der Waals surface area contributed by atoms with Crippen LogP contribution in [0.4, 0.5) is 26.2 Å². The molecule has 0 unspecified atom stereocenters. The molecule has 1 aliphatic heterocycles. The summed E-state index contributed by atoms with van der Waals surface area (Å²) in [6, 6.07) is 14.6. The first-order chi connectivity index (χ1) is 17.1. The van der Waals surface area contributed by atoms with Crippen molar-refractivity contribution in [3.8, 4) is 22.8 Å². The first-order valence-corrected chi connectivity index (χ1v) is 11.1. The van der Waals surface area contributed by atoms with Gasteiger partial charge in [-0.25, -0.2) is 9.18 Å². The van der Waals surface area contributed by atoms with E-state index >= 15 is 0 Å². The second-order valence-corrected chi connectivity index (χ2v) is 7.84. The number of anilines is 3. The van der Waals surface area contributed by atoms with Gasteiger partial charge in [0.1, 0.15) is 17.3 Å². The molecule has 5 rings (SSSR count). The van der Waals surface area contributed by atoms with Crippen LogP contribution >= 0.6 is 0 Å². The fourth-order valence-corrected chi connectivity index (χ4v) is 3.71. The molecule has 2 aromatic heterocycles. The lowest BCUT2D eigenvalue weighted by Crippen LogP contribution is -2.36. The van der Waals surface area contributed by atoms with Crippen molar-refractivity contribution in [2.24, 2.45) is 0 Å². The summed E-state index contributed by atoms with van der Waals surface area (Å²) in [4.78, 5) is 18.9. The second-order valence-electron chi connectivity index (χ2n) is 7.84. The van der Waals surface area contributed by atoms with Gasteiger partial charge in [0.2, 0.25) is 0 Å². The summed E-state index contributed by atoms with van der Waals surface area (Å²) in [6.45, 7) is 2.92. The van der Waals surface area contributed by atoms with E-state index < -0.39 is 11.8 Å². The summed E-state index contributed by atoms with van der Waals surface area (Å²) in [5, 5.41) is 11.9. The molecule has 35 heavy (non-hydrogen) atoms. The highest BCUT2D eigenvalue weighted by molar-refractivity contribution is 6.00. The van der Waals surface area contributed by atoms with Crippen LogP contribution in [0.15, 0.2) is 73.2 Å². The average Bonchev–Trinajstić information content (AvgIpc) is 3.42. The lowest BCUT2D eigenvalue weighted by Gasteiger charge is -2.29. The molecule has 0 atom stereocenters. The molecule has 2 amide bonds. The van der Waals surface area contributed by atoms with Gasteiger partial charge in [-0.1, -0.05) is 6.07 Å². The van der Waals surface area contributed by atoms with Gasteiger partial charge in [0.15, 0.2) is 0 Å². The largest absolute Gasteiger partial charge is 0.457 e. The Balaban J connectivity index is 1.22. The first-order valence-electron chi connectivity index (χ1n) is 11.1. The number of carbonyl (C=O) groups excluding carboxylic acids is 1. The van der Waals surface area contributed by atoms with E-state index in [1.165, 1.54) is 12.1 Å². The number of H-pyrrole nitrogens is 1. The number of amides is 2. The highest BCUT2D eigenvalue weighted by Crippen LogP contribution is 2.28. The normalized spacial score (nSPS) is 13.3. The van der Waals surface area contributed by atoms with Crippen molar-refractivity contribution < 1.29 is 18.7 Å². The second kappa shape index (κ2) is 10.2. The van der Waals surface area contributed by atoms with E-state index in [1.54, 1.807) is 42.9 Å². The molecule has 4 aromatic rings. The van der Waals surface area contributed by atoms with Gasteiger partial charge in [-0.3, -0.25) is 10.1 Å². The van der Waals surface area contributed by atoms with Gasteiger partial charge in [-0.2, -0.15) is 5.10 Å². The third-order valence-electron chi connectivity index (χ3n) is 5.43. The molecule has 0 spiro atoms. The zero-order valence-corrected chi connectivity index (χ0v) is 18.7. The van der Waals surface area contributed by atoms with Crippen molar-refractivity contribution >= 4 is 23.1 Å². The molecule has 1 aliphatic rings.